The molecular formula is C15H15ClN4. The van der Waals surface area contributed by atoms with Crippen molar-refractivity contribution >= 4 is 28.3 Å². The summed E-state index contributed by atoms with van der Waals surface area (Å²) in [5, 5.41) is 9.51. The highest BCUT2D eigenvalue weighted by Crippen LogP contribution is 2.22. The van der Waals surface area contributed by atoms with Crippen LogP contribution in [0.1, 0.15) is 11.3 Å². The molecular weight excluding hydrogens is 272 g/mol. The van der Waals surface area contributed by atoms with Crippen LogP contribution in [0.5, 0.6) is 0 Å². The molecule has 102 valence electrons. The number of halogens is 1. The number of hydrogen-bond acceptors (Lipinski definition) is 3. The second-order valence-corrected chi connectivity index (χ2v) is 5.16. The Labute approximate surface area is 122 Å². The Morgan fingerprint density at radius 1 is 1.30 bits per heavy atom. The molecule has 1 aromatic carbocycles. The number of nitrogens with one attached hydrogen (secondary N) is 1. The van der Waals surface area contributed by atoms with E-state index < -0.39 is 0 Å². The molecule has 0 aliphatic rings. The van der Waals surface area contributed by atoms with Crippen molar-refractivity contribution in [2.24, 2.45) is 7.05 Å². The first-order valence-corrected chi connectivity index (χ1v) is 6.79. The summed E-state index contributed by atoms with van der Waals surface area (Å²) in [5.41, 5.74) is 3.93. The second-order valence-electron chi connectivity index (χ2n) is 4.76. The molecule has 5 heteroatoms. The molecule has 0 bridgehead atoms. The third kappa shape index (κ3) is 2.34. The fourth-order valence-electron chi connectivity index (χ4n) is 2.25. The number of rotatable bonds is 3. The highest BCUT2D eigenvalue weighted by Gasteiger charge is 2.07. The molecule has 3 aromatic rings. The first-order chi connectivity index (χ1) is 9.65. The molecule has 1 N–H and O–H groups in total. The third-order valence-electron chi connectivity index (χ3n) is 3.28. The van der Waals surface area contributed by atoms with Crippen LogP contribution in [-0.2, 0) is 13.6 Å². The van der Waals surface area contributed by atoms with Crippen molar-refractivity contribution in [3.63, 3.8) is 0 Å². The molecule has 0 atom stereocenters. The van der Waals surface area contributed by atoms with Gasteiger partial charge in [-0.15, -0.1) is 0 Å². The van der Waals surface area contributed by atoms with E-state index >= 15 is 0 Å². The number of aryl methyl sites for hydroxylation is 2. The highest BCUT2D eigenvalue weighted by atomic mass is 35.5. The summed E-state index contributed by atoms with van der Waals surface area (Å²) in [6.07, 6.45) is 1.87. The van der Waals surface area contributed by atoms with E-state index in [1.807, 2.05) is 44.4 Å². The molecule has 0 aliphatic carbocycles. The van der Waals surface area contributed by atoms with Crippen LogP contribution in [0.4, 0.5) is 5.69 Å². The largest absolute Gasteiger partial charge is 0.380 e. The van der Waals surface area contributed by atoms with Crippen molar-refractivity contribution in [1.82, 2.24) is 14.8 Å². The summed E-state index contributed by atoms with van der Waals surface area (Å²) >= 11 is 6.12. The summed E-state index contributed by atoms with van der Waals surface area (Å²) in [6, 6.07) is 9.83. The maximum Gasteiger partial charge on any atom is 0.157 e. The lowest BCUT2D eigenvalue weighted by Gasteiger charge is -2.08. The van der Waals surface area contributed by atoms with Gasteiger partial charge in [0.05, 0.1) is 16.4 Å². The van der Waals surface area contributed by atoms with Crippen LogP contribution in [0, 0.1) is 6.92 Å². The van der Waals surface area contributed by atoms with Gasteiger partial charge in [-0.25, -0.2) is 4.98 Å². The van der Waals surface area contributed by atoms with E-state index in [9.17, 15) is 0 Å². The van der Waals surface area contributed by atoms with Gasteiger partial charge in [0.15, 0.2) is 5.65 Å². The third-order valence-corrected chi connectivity index (χ3v) is 3.61. The molecule has 4 nitrogen and oxygen atoms in total. The summed E-state index contributed by atoms with van der Waals surface area (Å²) in [7, 11) is 1.91. The Bertz CT molecular complexity index is 764. The maximum absolute atomic E-state index is 6.12. The smallest absolute Gasteiger partial charge is 0.157 e. The molecule has 0 spiro atoms. The minimum Gasteiger partial charge on any atom is -0.380 e. The van der Waals surface area contributed by atoms with Crippen LogP contribution in [-0.4, -0.2) is 14.8 Å². The van der Waals surface area contributed by atoms with Crippen LogP contribution < -0.4 is 5.32 Å². The molecule has 2 aromatic heterocycles. The molecule has 2 heterocycles. The van der Waals surface area contributed by atoms with Gasteiger partial charge in [0, 0.05) is 25.2 Å². The average molecular weight is 287 g/mol. The lowest BCUT2D eigenvalue weighted by atomic mass is 10.2. The van der Waals surface area contributed by atoms with Gasteiger partial charge in [0.1, 0.15) is 0 Å². The van der Waals surface area contributed by atoms with Gasteiger partial charge in [-0.3, -0.25) is 4.68 Å². The highest BCUT2D eigenvalue weighted by molar-refractivity contribution is 6.33. The van der Waals surface area contributed by atoms with Crippen LogP contribution >= 0.6 is 11.6 Å². The average Bonchev–Trinajstić information content (AvgIpc) is 2.73. The fourth-order valence-corrected chi connectivity index (χ4v) is 2.45. The van der Waals surface area contributed by atoms with Crippen molar-refractivity contribution in [1.29, 1.82) is 0 Å². The molecule has 0 fully saturated rings. The van der Waals surface area contributed by atoms with Crippen molar-refractivity contribution < 1.29 is 0 Å². The molecule has 0 amide bonds. The normalized spacial score (nSPS) is 10.9. The Balaban J connectivity index is 1.85. The number of anilines is 1. The predicted molar refractivity (Wildman–Crippen MR) is 82.0 cm³/mol. The molecule has 20 heavy (non-hydrogen) atoms. The van der Waals surface area contributed by atoms with E-state index in [-0.39, 0.29) is 0 Å². The lowest BCUT2D eigenvalue weighted by molar-refractivity contribution is 0.773. The van der Waals surface area contributed by atoms with Crippen molar-refractivity contribution in [2.75, 3.05) is 5.32 Å². The molecule has 0 aliphatic heterocycles. The molecule has 0 unspecified atom stereocenters. The maximum atomic E-state index is 6.12. The Kier molecular flexibility index (Phi) is 3.32. The van der Waals surface area contributed by atoms with E-state index in [1.54, 1.807) is 4.68 Å². The van der Waals surface area contributed by atoms with Crippen molar-refractivity contribution in [3.8, 4) is 0 Å². The van der Waals surface area contributed by atoms with Gasteiger partial charge in [0.25, 0.3) is 0 Å². The van der Waals surface area contributed by atoms with Gasteiger partial charge in [-0.1, -0.05) is 23.7 Å². The Morgan fingerprint density at radius 2 is 2.10 bits per heavy atom. The SMILES string of the molecule is Cc1nn(C)c2ncc(CNc3ccccc3Cl)cc12. The minimum absolute atomic E-state index is 0.682. The first kappa shape index (κ1) is 12.9. The van der Waals surface area contributed by atoms with E-state index in [0.717, 1.165) is 33.0 Å². The lowest BCUT2D eigenvalue weighted by Crippen LogP contribution is -2.00. The number of fused-ring (bicyclic) bond motifs is 1. The zero-order chi connectivity index (χ0) is 14.1. The van der Waals surface area contributed by atoms with Crippen LogP contribution in [0.3, 0.4) is 0 Å². The standard InChI is InChI=1S/C15H15ClN4/c1-10-12-7-11(9-18-15(12)20(2)19-10)8-17-14-6-4-3-5-13(14)16/h3-7,9,17H,8H2,1-2H3. The number of para-hydroxylation sites is 1. The fraction of sp³-hybridized carbons (Fsp3) is 0.200. The summed E-state index contributed by atoms with van der Waals surface area (Å²) in [6.45, 7) is 2.68. The van der Waals surface area contributed by atoms with Crippen LogP contribution in [0.2, 0.25) is 5.02 Å². The van der Waals surface area contributed by atoms with Gasteiger partial charge < -0.3 is 5.32 Å². The number of benzene rings is 1. The van der Waals surface area contributed by atoms with E-state index in [2.05, 4.69) is 21.5 Å². The summed E-state index contributed by atoms with van der Waals surface area (Å²) in [4.78, 5) is 4.46. The molecule has 0 saturated carbocycles. The van der Waals surface area contributed by atoms with E-state index in [1.165, 1.54) is 0 Å². The second kappa shape index (κ2) is 5.13. The van der Waals surface area contributed by atoms with E-state index in [0.29, 0.717) is 6.54 Å². The first-order valence-electron chi connectivity index (χ1n) is 6.42. The number of nitrogens with zero attached hydrogens (tertiary/aromatic N) is 3. The summed E-state index contributed by atoms with van der Waals surface area (Å²) < 4.78 is 1.80. The monoisotopic (exact) mass is 286 g/mol. The quantitative estimate of drug-likeness (QED) is 0.801. The van der Waals surface area contributed by atoms with Crippen LogP contribution in [0.25, 0.3) is 11.0 Å². The van der Waals surface area contributed by atoms with Gasteiger partial charge >= 0.3 is 0 Å². The molecule has 0 radical (unpaired) electrons. The van der Waals surface area contributed by atoms with E-state index in [4.69, 9.17) is 11.6 Å². The van der Waals surface area contributed by atoms with Gasteiger partial charge in [-0.2, -0.15) is 5.10 Å². The number of pyridine rings is 1. The van der Waals surface area contributed by atoms with Crippen molar-refractivity contribution in [3.05, 3.63) is 52.8 Å². The predicted octanol–water partition coefficient (Wildman–Crippen LogP) is 3.54. The molecule has 3 rings (SSSR count). The zero-order valence-electron chi connectivity index (χ0n) is 11.4. The van der Waals surface area contributed by atoms with Crippen LogP contribution in [0.15, 0.2) is 36.5 Å². The number of hydrogen-bond donors (Lipinski definition) is 1. The number of aromatic nitrogens is 3. The zero-order valence-corrected chi connectivity index (χ0v) is 12.1. The van der Waals surface area contributed by atoms with Gasteiger partial charge in [0.2, 0.25) is 0 Å². The Hall–Kier alpha value is -2.07. The van der Waals surface area contributed by atoms with Gasteiger partial charge in [-0.05, 0) is 30.7 Å². The topological polar surface area (TPSA) is 42.7 Å². The van der Waals surface area contributed by atoms with Crippen molar-refractivity contribution in [2.45, 2.75) is 13.5 Å². The molecule has 0 saturated heterocycles. The minimum atomic E-state index is 0.682. The Morgan fingerprint density at radius 3 is 2.90 bits per heavy atom. The summed E-state index contributed by atoms with van der Waals surface area (Å²) in [5.74, 6) is 0.